The first-order valence-corrected chi connectivity index (χ1v) is 5.87. The highest BCUT2D eigenvalue weighted by Gasteiger charge is 2.24. The van der Waals surface area contributed by atoms with Crippen molar-refractivity contribution in [3.05, 3.63) is 47.0 Å². The molecule has 0 aliphatic heterocycles. The van der Waals surface area contributed by atoms with E-state index in [4.69, 9.17) is 5.11 Å². The fourth-order valence-electron chi connectivity index (χ4n) is 1.28. The van der Waals surface area contributed by atoms with Crippen LogP contribution in [0, 0.1) is 0 Å². The quantitative estimate of drug-likeness (QED) is 0.819. The van der Waals surface area contributed by atoms with Gasteiger partial charge in [0.1, 0.15) is 6.61 Å². The van der Waals surface area contributed by atoms with Crippen LogP contribution in [0.5, 0.6) is 0 Å². The van der Waals surface area contributed by atoms with Crippen LogP contribution in [0.2, 0.25) is 0 Å². The molecule has 0 aliphatic carbocycles. The van der Waals surface area contributed by atoms with E-state index in [0.29, 0.717) is 10.0 Å². The van der Waals surface area contributed by atoms with Crippen LogP contribution in [0.3, 0.4) is 0 Å². The predicted octanol–water partition coefficient (Wildman–Crippen LogP) is 2.49. The Hall–Kier alpha value is -1.82. The molecule has 0 spiro atoms. The van der Waals surface area contributed by atoms with Gasteiger partial charge in [0.2, 0.25) is 0 Å². The molecule has 0 heterocycles. The number of aliphatic carboxylic acids is 1. The zero-order valence-corrected chi connectivity index (χ0v) is 11.0. The summed E-state index contributed by atoms with van der Waals surface area (Å²) in [4.78, 5) is 22.5. The number of ether oxygens (including phenoxy) is 1. The first-order chi connectivity index (χ1) is 8.56. The topological polar surface area (TPSA) is 75.6 Å². The van der Waals surface area contributed by atoms with Crippen molar-refractivity contribution >= 4 is 28.0 Å². The predicted molar refractivity (Wildman–Crippen MR) is 69.2 cm³/mol. The molecule has 1 amide bonds. The van der Waals surface area contributed by atoms with Gasteiger partial charge >= 0.3 is 12.1 Å². The SMILES string of the molecule is C=CCOC(=O)NC(C(=O)O)c1ccccc1Br. The number of amides is 1. The average Bonchev–Trinajstić information content (AvgIpc) is 2.34. The lowest BCUT2D eigenvalue weighted by atomic mass is 10.1. The third-order valence-corrected chi connectivity index (χ3v) is 2.78. The largest absolute Gasteiger partial charge is 0.479 e. The van der Waals surface area contributed by atoms with Crippen molar-refractivity contribution in [2.75, 3.05) is 6.61 Å². The molecule has 2 N–H and O–H groups in total. The summed E-state index contributed by atoms with van der Waals surface area (Å²) in [6.45, 7) is 3.41. The van der Waals surface area contributed by atoms with Gasteiger partial charge in [0.05, 0.1) is 0 Å². The number of nitrogens with one attached hydrogen (secondary N) is 1. The van der Waals surface area contributed by atoms with Crippen LogP contribution < -0.4 is 5.32 Å². The Kier molecular flexibility index (Phi) is 5.38. The van der Waals surface area contributed by atoms with Crippen molar-refractivity contribution in [2.45, 2.75) is 6.04 Å². The zero-order chi connectivity index (χ0) is 13.5. The number of hydrogen-bond acceptors (Lipinski definition) is 3. The first-order valence-electron chi connectivity index (χ1n) is 5.07. The highest BCUT2D eigenvalue weighted by Crippen LogP contribution is 2.23. The molecule has 0 saturated heterocycles. The Morgan fingerprint density at radius 1 is 1.50 bits per heavy atom. The van der Waals surface area contributed by atoms with Gasteiger partial charge in [-0.2, -0.15) is 0 Å². The van der Waals surface area contributed by atoms with Crippen LogP contribution in [0.15, 0.2) is 41.4 Å². The van der Waals surface area contributed by atoms with Crippen LogP contribution in [0.1, 0.15) is 11.6 Å². The maximum absolute atomic E-state index is 11.3. The molecule has 0 saturated carbocycles. The minimum Gasteiger partial charge on any atom is -0.479 e. The van der Waals surface area contributed by atoms with E-state index in [2.05, 4.69) is 32.6 Å². The molecule has 1 atom stereocenters. The van der Waals surface area contributed by atoms with Crippen molar-refractivity contribution in [1.82, 2.24) is 5.32 Å². The zero-order valence-electron chi connectivity index (χ0n) is 9.43. The van der Waals surface area contributed by atoms with Gasteiger partial charge in [-0.1, -0.05) is 46.8 Å². The van der Waals surface area contributed by atoms with Crippen molar-refractivity contribution in [2.24, 2.45) is 0 Å². The van der Waals surface area contributed by atoms with Gasteiger partial charge in [0.15, 0.2) is 6.04 Å². The Morgan fingerprint density at radius 3 is 2.72 bits per heavy atom. The van der Waals surface area contributed by atoms with E-state index in [1.807, 2.05) is 0 Å². The van der Waals surface area contributed by atoms with E-state index in [1.54, 1.807) is 24.3 Å². The van der Waals surface area contributed by atoms with Crippen LogP contribution in [0.4, 0.5) is 4.79 Å². The summed E-state index contributed by atoms with van der Waals surface area (Å²) in [7, 11) is 0. The van der Waals surface area contributed by atoms with E-state index < -0.39 is 18.1 Å². The summed E-state index contributed by atoms with van der Waals surface area (Å²) in [5, 5.41) is 11.4. The van der Waals surface area contributed by atoms with Gasteiger partial charge in [0, 0.05) is 4.47 Å². The number of rotatable bonds is 5. The number of hydrogen-bond donors (Lipinski definition) is 2. The number of carbonyl (C=O) groups excluding carboxylic acids is 1. The normalized spacial score (nSPS) is 11.4. The van der Waals surface area contributed by atoms with Crippen LogP contribution in [-0.2, 0) is 9.53 Å². The van der Waals surface area contributed by atoms with E-state index in [-0.39, 0.29) is 6.61 Å². The molecule has 96 valence electrons. The second-order valence-electron chi connectivity index (χ2n) is 3.32. The van der Waals surface area contributed by atoms with E-state index >= 15 is 0 Å². The molecule has 1 rings (SSSR count). The Bertz CT molecular complexity index is 461. The minimum absolute atomic E-state index is 0.0220. The summed E-state index contributed by atoms with van der Waals surface area (Å²) in [5.41, 5.74) is 0.445. The van der Waals surface area contributed by atoms with Gasteiger partial charge in [-0.15, -0.1) is 0 Å². The molecular weight excluding hydrogens is 302 g/mol. The number of carbonyl (C=O) groups is 2. The standard InChI is InChI=1S/C12H12BrNO4/c1-2-7-18-12(17)14-10(11(15)16)8-5-3-4-6-9(8)13/h2-6,10H,1,7H2,(H,14,17)(H,15,16). The molecule has 6 heteroatoms. The molecule has 0 radical (unpaired) electrons. The monoisotopic (exact) mass is 313 g/mol. The smallest absolute Gasteiger partial charge is 0.408 e. The summed E-state index contributed by atoms with van der Waals surface area (Å²) in [6.07, 6.45) is 0.589. The van der Waals surface area contributed by atoms with Gasteiger partial charge < -0.3 is 15.2 Å². The van der Waals surface area contributed by atoms with Crippen molar-refractivity contribution in [1.29, 1.82) is 0 Å². The molecule has 1 aromatic carbocycles. The Labute approximate surface area is 113 Å². The molecule has 18 heavy (non-hydrogen) atoms. The molecular formula is C12H12BrNO4. The molecule has 0 bridgehead atoms. The third kappa shape index (κ3) is 3.89. The summed E-state index contributed by atoms with van der Waals surface area (Å²) in [6, 6.07) is 5.58. The number of carboxylic acid groups (broad SMARTS) is 1. The Balaban J connectivity index is 2.84. The lowest BCUT2D eigenvalue weighted by Gasteiger charge is -2.15. The van der Waals surface area contributed by atoms with Crippen molar-refractivity contribution in [3.8, 4) is 0 Å². The lowest BCUT2D eigenvalue weighted by Crippen LogP contribution is -2.34. The number of benzene rings is 1. The van der Waals surface area contributed by atoms with E-state index in [1.165, 1.54) is 6.08 Å². The highest BCUT2D eigenvalue weighted by atomic mass is 79.9. The minimum atomic E-state index is -1.17. The van der Waals surface area contributed by atoms with Gasteiger partial charge in [-0.05, 0) is 11.6 Å². The third-order valence-electron chi connectivity index (χ3n) is 2.06. The highest BCUT2D eigenvalue weighted by molar-refractivity contribution is 9.10. The van der Waals surface area contributed by atoms with E-state index in [9.17, 15) is 9.59 Å². The van der Waals surface area contributed by atoms with Crippen molar-refractivity contribution < 1.29 is 19.4 Å². The van der Waals surface area contributed by atoms with Crippen LogP contribution >= 0.6 is 15.9 Å². The van der Waals surface area contributed by atoms with Gasteiger partial charge in [-0.25, -0.2) is 9.59 Å². The summed E-state index contributed by atoms with van der Waals surface area (Å²) < 4.78 is 5.28. The number of halogens is 1. The molecule has 0 aliphatic rings. The maximum atomic E-state index is 11.3. The second kappa shape index (κ2) is 6.80. The molecule has 0 fully saturated rings. The number of alkyl carbamates (subject to hydrolysis) is 1. The molecule has 0 aromatic heterocycles. The first kappa shape index (κ1) is 14.2. The van der Waals surface area contributed by atoms with Gasteiger partial charge in [-0.3, -0.25) is 0 Å². The lowest BCUT2D eigenvalue weighted by molar-refractivity contribution is -0.139. The maximum Gasteiger partial charge on any atom is 0.408 e. The molecule has 1 aromatic rings. The molecule has 1 unspecified atom stereocenters. The van der Waals surface area contributed by atoms with Crippen LogP contribution in [-0.4, -0.2) is 23.8 Å². The van der Waals surface area contributed by atoms with Crippen LogP contribution in [0.25, 0.3) is 0 Å². The fraction of sp³-hybridized carbons (Fsp3) is 0.167. The number of carboxylic acids is 1. The Morgan fingerprint density at radius 2 is 2.17 bits per heavy atom. The summed E-state index contributed by atoms with van der Waals surface area (Å²) in [5.74, 6) is -1.17. The molecule has 5 nitrogen and oxygen atoms in total. The fourth-order valence-corrected chi connectivity index (χ4v) is 1.79. The summed E-state index contributed by atoms with van der Waals surface area (Å²) >= 11 is 3.24. The van der Waals surface area contributed by atoms with E-state index in [0.717, 1.165) is 0 Å². The van der Waals surface area contributed by atoms with Gasteiger partial charge in [0.25, 0.3) is 0 Å². The second-order valence-corrected chi connectivity index (χ2v) is 4.18. The average molecular weight is 314 g/mol. The van der Waals surface area contributed by atoms with Crippen molar-refractivity contribution in [3.63, 3.8) is 0 Å².